The van der Waals surface area contributed by atoms with Crippen molar-refractivity contribution in [1.82, 2.24) is 4.90 Å². The lowest BCUT2D eigenvalue weighted by Crippen LogP contribution is -2.80. The second-order valence-electron chi connectivity index (χ2n) is 9.05. The molecule has 6 heteroatoms. The fourth-order valence-electron chi connectivity index (χ4n) is 7.32. The Hall–Kier alpha value is -1.60. The number of nitrogens with two attached hydrogens (primary N) is 1. The van der Waals surface area contributed by atoms with E-state index in [9.17, 15) is 10.2 Å². The van der Waals surface area contributed by atoms with E-state index in [0.29, 0.717) is 0 Å². The summed E-state index contributed by atoms with van der Waals surface area (Å²) in [6.07, 6.45) is 5.12. The number of hydrogen-bond donors (Lipinski definition) is 3. The molecule has 3 aliphatic heterocycles. The summed E-state index contributed by atoms with van der Waals surface area (Å²) in [4.78, 5) is 4.65. The van der Waals surface area contributed by atoms with E-state index in [1.54, 1.807) is 7.11 Å². The van der Waals surface area contributed by atoms with Gasteiger partial charge >= 0.3 is 0 Å². The molecule has 5 rings (SSSR count). The summed E-state index contributed by atoms with van der Waals surface area (Å²) in [5.74, 6) is 0.803. The van der Waals surface area contributed by atoms with Crippen LogP contribution >= 0.6 is 0 Å². The number of hydrogen-bond acceptors (Lipinski definition) is 6. The highest BCUT2D eigenvalue weighted by Gasteiger charge is 2.76. The van der Waals surface area contributed by atoms with Crippen molar-refractivity contribution < 1.29 is 14.9 Å². The topological polar surface area (TPSA) is 82.2 Å². The Morgan fingerprint density at radius 1 is 1.32 bits per heavy atom. The molecule has 2 unspecified atom stereocenters. The summed E-state index contributed by atoms with van der Waals surface area (Å²) < 4.78 is 5.48. The number of nitrogens with zero attached hydrogens (tertiary/aromatic N) is 2. The van der Waals surface area contributed by atoms with Gasteiger partial charge < -0.3 is 25.6 Å². The Labute approximate surface area is 166 Å². The molecule has 0 amide bonds. The highest BCUT2D eigenvalue weighted by molar-refractivity contribution is 5.70. The number of fused-ring (bicyclic) bond motifs is 1. The lowest BCUT2D eigenvalue weighted by molar-refractivity contribution is -0.194. The van der Waals surface area contributed by atoms with Crippen LogP contribution in [0.25, 0.3) is 0 Å². The Morgan fingerprint density at radius 3 is 2.79 bits per heavy atom. The van der Waals surface area contributed by atoms with Gasteiger partial charge in [0.05, 0.1) is 19.3 Å². The number of ether oxygens (including phenoxy) is 1. The molecule has 28 heavy (non-hydrogen) atoms. The van der Waals surface area contributed by atoms with Gasteiger partial charge in [0.15, 0.2) is 0 Å². The van der Waals surface area contributed by atoms with Gasteiger partial charge in [0.2, 0.25) is 0 Å². The normalized spacial score (nSPS) is 43.6. The first kappa shape index (κ1) is 18.4. The van der Waals surface area contributed by atoms with Gasteiger partial charge in [0.25, 0.3) is 0 Å². The van der Waals surface area contributed by atoms with E-state index in [-0.39, 0.29) is 24.0 Å². The van der Waals surface area contributed by atoms with Crippen LogP contribution in [0.3, 0.4) is 0 Å². The zero-order valence-corrected chi connectivity index (χ0v) is 16.9. The monoisotopic (exact) mass is 385 g/mol. The molecule has 0 bridgehead atoms. The number of anilines is 1. The largest absolute Gasteiger partial charge is 0.497 e. The first-order chi connectivity index (χ1) is 13.4. The van der Waals surface area contributed by atoms with Crippen LogP contribution < -0.4 is 15.4 Å². The van der Waals surface area contributed by atoms with Crippen molar-refractivity contribution >= 4 is 5.69 Å². The third kappa shape index (κ3) is 1.79. The van der Waals surface area contributed by atoms with Crippen LogP contribution in [0.15, 0.2) is 30.4 Å². The van der Waals surface area contributed by atoms with E-state index in [4.69, 9.17) is 10.5 Å². The van der Waals surface area contributed by atoms with E-state index >= 15 is 0 Å². The minimum Gasteiger partial charge on any atom is -0.497 e. The zero-order valence-electron chi connectivity index (χ0n) is 16.9. The van der Waals surface area contributed by atoms with Crippen LogP contribution in [-0.4, -0.2) is 72.7 Å². The molecule has 6 nitrogen and oxygen atoms in total. The summed E-state index contributed by atoms with van der Waals surface area (Å²) in [5.41, 5.74) is 6.34. The molecule has 152 valence electrons. The molecular formula is C22H31N3O3. The summed E-state index contributed by atoms with van der Waals surface area (Å²) in [6.45, 7) is 4.00. The van der Waals surface area contributed by atoms with E-state index in [0.717, 1.165) is 37.4 Å². The Morgan fingerprint density at radius 2 is 2.11 bits per heavy atom. The Balaban J connectivity index is 1.83. The predicted octanol–water partition coefficient (Wildman–Crippen LogP) is 0.856. The minimum absolute atomic E-state index is 0.0261. The fraction of sp³-hybridized carbons (Fsp3) is 0.636. The first-order valence-corrected chi connectivity index (χ1v) is 10.3. The Bertz CT molecular complexity index is 844. The second-order valence-corrected chi connectivity index (χ2v) is 9.05. The van der Waals surface area contributed by atoms with Crippen molar-refractivity contribution in [2.45, 2.75) is 49.0 Å². The molecular weight excluding hydrogens is 354 g/mol. The van der Waals surface area contributed by atoms with Gasteiger partial charge in [-0.05, 0) is 31.0 Å². The van der Waals surface area contributed by atoms with Gasteiger partial charge in [0, 0.05) is 48.8 Å². The Kier molecular flexibility index (Phi) is 3.77. The van der Waals surface area contributed by atoms with E-state index in [2.05, 4.69) is 41.0 Å². The summed E-state index contributed by atoms with van der Waals surface area (Å²) in [6, 6.07) is 6.11. The van der Waals surface area contributed by atoms with Crippen molar-refractivity contribution in [3.05, 3.63) is 35.9 Å². The van der Waals surface area contributed by atoms with E-state index in [1.165, 1.54) is 5.56 Å². The highest BCUT2D eigenvalue weighted by atomic mass is 16.5. The average Bonchev–Trinajstić information content (AvgIpc) is 3.23. The SMILES string of the molecule is CCC12C=CCN3CC[C@@]4(c5ccc(OC)cc5N(C)[C@H]4C(O)(CN)[C@@H]1O)[C@@H]32. The van der Waals surface area contributed by atoms with Gasteiger partial charge in [-0.15, -0.1) is 0 Å². The van der Waals surface area contributed by atoms with Crippen molar-refractivity contribution in [3.63, 3.8) is 0 Å². The molecule has 1 saturated heterocycles. The van der Waals surface area contributed by atoms with Gasteiger partial charge in [-0.2, -0.15) is 0 Å². The molecule has 0 radical (unpaired) electrons. The molecule has 3 heterocycles. The van der Waals surface area contributed by atoms with Gasteiger partial charge in [0.1, 0.15) is 11.4 Å². The molecule has 4 aliphatic rings. The quantitative estimate of drug-likeness (QED) is 0.670. The first-order valence-electron chi connectivity index (χ1n) is 10.3. The molecule has 1 spiro atoms. The van der Waals surface area contributed by atoms with Crippen LogP contribution in [-0.2, 0) is 5.41 Å². The minimum atomic E-state index is -1.40. The number of aliphatic hydroxyl groups is 2. The third-order valence-corrected chi connectivity index (χ3v) is 8.30. The van der Waals surface area contributed by atoms with Crippen LogP contribution in [0, 0.1) is 5.41 Å². The lowest BCUT2D eigenvalue weighted by atomic mass is 9.48. The number of rotatable bonds is 3. The molecule has 1 aliphatic carbocycles. The fourth-order valence-corrected chi connectivity index (χ4v) is 7.32. The second kappa shape index (κ2) is 5.72. The molecule has 1 aromatic carbocycles. The predicted molar refractivity (Wildman–Crippen MR) is 109 cm³/mol. The van der Waals surface area contributed by atoms with Crippen molar-refractivity contribution in [2.75, 3.05) is 38.7 Å². The summed E-state index contributed by atoms with van der Waals surface area (Å²) in [5, 5.41) is 23.6. The van der Waals surface area contributed by atoms with Crippen LogP contribution in [0.2, 0.25) is 0 Å². The summed E-state index contributed by atoms with van der Waals surface area (Å²) >= 11 is 0. The number of methoxy groups -OCH3 is 1. The zero-order chi connectivity index (χ0) is 19.9. The highest BCUT2D eigenvalue weighted by Crippen LogP contribution is 2.66. The number of likely N-dealkylation sites (N-methyl/N-ethyl adjacent to an activating group) is 1. The van der Waals surface area contributed by atoms with E-state index in [1.807, 2.05) is 13.1 Å². The van der Waals surface area contributed by atoms with Crippen molar-refractivity contribution in [3.8, 4) is 5.75 Å². The van der Waals surface area contributed by atoms with Crippen molar-refractivity contribution in [2.24, 2.45) is 11.1 Å². The van der Waals surface area contributed by atoms with Crippen LogP contribution in [0.4, 0.5) is 5.69 Å². The molecule has 1 saturated carbocycles. The number of benzene rings is 1. The molecule has 0 aromatic heterocycles. The maximum atomic E-state index is 11.9. The third-order valence-electron chi connectivity index (χ3n) is 8.30. The summed E-state index contributed by atoms with van der Waals surface area (Å²) in [7, 11) is 3.69. The molecule has 6 atom stereocenters. The van der Waals surface area contributed by atoms with Crippen LogP contribution in [0.5, 0.6) is 5.75 Å². The lowest BCUT2D eigenvalue weighted by Gasteiger charge is -2.64. The maximum absolute atomic E-state index is 11.9. The van der Waals surface area contributed by atoms with Gasteiger partial charge in [-0.3, -0.25) is 4.90 Å². The molecule has 1 aromatic rings. The van der Waals surface area contributed by atoms with Crippen molar-refractivity contribution in [1.29, 1.82) is 0 Å². The number of aliphatic hydroxyl groups excluding tert-OH is 1. The average molecular weight is 386 g/mol. The standard InChI is InChI=1S/C22H31N3O3/c1-4-20-8-5-10-25-11-9-21(17(20)25)15-7-6-14(28-3)12-16(15)24(2)18(21)22(27,13-23)19(20)26/h5-8,12,17-19,26-27H,4,9-11,13,23H2,1-3H3/t17-,18+,19+,20?,21+,22?/m0/s1. The molecule has 4 N–H and O–H groups in total. The smallest absolute Gasteiger partial charge is 0.125 e. The molecule has 2 fully saturated rings. The maximum Gasteiger partial charge on any atom is 0.125 e. The van der Waals surface area contributed by atoms with Gasteiger partial charge in [-0.25, -0.2) is 0 Å². The van der Waals surface area contributed by atoms with Crippen LogP contribution in [0.1, 0.15) is 25.3 Å². The van der Waals surface area contributed by atoms with Gasteiger partial charge in [-0.1, -0.05) is 25.1 Å². The van der Waals surface area contributed by atoms with E-state index < -0.39 is 17.1 Å².